The van der Waals surface area contributed by atoms with Gasteiger partial charge >= 0.3 is 0 Å². The van der Waals surface area contributed by atoms with Crippen LogP contribution in [0.15, 0.2) is 140 Å². The number of hydrogen-bond acceptors (Lipinski definition) is 1. The topological polar surface area (TPSA) is 9.23 Å². The van der Waals surface area contributed by atoms with Gasteiger partial charge in [-0.2, -0.15) is 0 Å². The first kappa shape index (κ1) is 22.1. The monoisotopic (exact) mass is 498 g/mol. The van der Waals surface area contributed by atoms with Crippen LogP contribution >= 0.6 is 0 Å². The molecule has 6 aromatic rings. The molecule has 1 nitrogen and oxygen atoms in total. The highest BCUT2D eigenvalue weighted by molar-refractivity contribution is 5.91. The van der Waals surface area contributed by atoms with Gasteiger partial charge in [-0.3, -0.25) is 0 Å². The van der Waals surface area contributed by atoms with Gasteiger partial charge in [-0.25, -0.2) is 0 Å². The Labute approximate surface area is 229 Å². The van der Waals surface area contributed by atoms with E-state index in [1.165, 1.54) is 50.1 Å². The largest absolute Gasteiger partial charge is 0.456 e. The third-order valence-corrected chi connectivity index (χ3v) is 8.51. The molecule has 0 amide bonds. The summed E-state index contributed by atoms with van der Waals surface area (Å²) in [6, 6.07) is 50.3. The Bertz CT molecular complexity index is 1830. The highest BCUT2D eigenvalue weighted by Crippen LogP contribution is 2.63. The molecule has 6 aromatic carbocycles. The average molecular weight is 499 g/mol. The van der Waals surface area contributed by atoms with E-state index in [-0.39, 0.29) is 0 Å². The van der Waals surface area contributed by atoms with Crippen LogP contribution in [0, 0.1) is 6.92 Å². The predicted molar refractivity (Wildman–Crippen MR) is 159 cm³/mol. The molecule has 1 aliphatic heterocycles. The molecule has 1 heteroatoms. The molecule has 0 radical (unpaired) electrons. The number of hydrogen-bond donors (Lipinski definition) is 0. The highest BCUT2D eigenvalue weighted by Gasteiger charge is 2.51. The first-order valence-corrected chi connectivity index (χ1v) is 13.5. The van der Waals surface area contributed by atoms with E-state index >= 15 is 0 Å². The van der Waals surface area contributed by atoms with Crippen LogP contribution in [0.5, 0.6) is 11.5 Å². The van der Waals surface area contributed by atoms with Crippen LogP contribution in [0.2, 0.25) is 0 Å². The Kier molecular flexibility index (Phi) is 4.72. The van der Waals surface area contributed by atoms with Gasteiger partial charge in [-0.15, -0.1) is 0 Å². The Morgan fingerprint density at radius 1 is 0.436 bits per heavy atom. The van der Waals surface area contributed by atoms with Crippen molar-refractivity contribution in [3.05, 3.63) is 167 Å². The van der Waals surface area contributed by atoms with Crippen molar-refractivity contribution in [3.8, 4) is 44.9 Å². The lowest BCUT2D eigenvalue weighted by Crippen LogP contribution is -2.32. The standard InChI is InChI=1S/C38H26O/c1-25-19-24-34-37(36(25)28-22-20-27(21-23-28)26-11-3-2-4-12-26)39-35-18-10-9-17-33(35)38(34)31-15-7-5-13-29(31)30-14-6-8-16-32(30)38/h2-24H,1H3. The molecule has 0 saturated carbocycles. The molecule has 1 spiro atoms. The van der Waals surface area contributed by atoms with Gasteiger partial charge in [0.15, 0.2) is 0 Å². The number of rotatable bonds is 2. The average Bonchev–Trinajstić information content (AvgIpc) is 3.29. The summed E-state index contributed by atoms with van der Waals surface area (Å²) < 4.78 is 6.88. The van der Waals surface area contributed by atoms with Crippen LogP contribution < -0.4 is 4.74 Å². The molecule has 0 unspecified atom stereocenters. The van der Waals surface area contributed by atoms with Crippen molar-refractivity contribution in [2.45, 2.75) is 12.3 Å². The van der Waals surface area contributed by atoms with Crippen molar-refractivity contribution < 1.29 is 4.74 Å². The van der Waals surface area contributed by atoms with E-state index in [0.29, 0.717) is 0 Å². The van der Waals surface area contributed by atoms with Crippen molar-refractivity contribution in [3.63, 3.8) is 0 Å². The van der Waals surface area contributed by atoms with E-state index in [0.717, 1.165) is 22.6 Å². The number of aryl methyl sites for hydroxylation is 1. The number of ether oxygens (including phenoxy) is 1. The fourth-order valence-corrected chi connectivity index (χ4v) is 6.84. The summed E-state index contributed by atoms with van der Waals surface area (Å²) in [7, 11) is 0. The quantitative estimate of drug-likeness (QED) is 0.230. The molecule has 0 aromatic heterocycles. The summed E-state index contributed by atoms with van der Waals surface area (Å²) in [5, 5.41) is 0. The van der Waals surface area contributed by atoms with Crippen LogP contribution in [0.1, 0.15) is 27.8 Å². The Morgan fingerprint density at radius 3 is 1.67 bits per heavy atom. The Balaban J connectivity index is 1.42. The lowest BCUT2D eigenvalue weighted by Gasteiger charge is -2.40. The van der Waals surface area contributed by atoms with Gasteiger partial charge in [-0.1, -0.05) is 133 Å². The molecular formula is C38H26O. The van der Waals surface area contributed by atoms with Gasteiger partial charge in [0.25, 0.3) is 0 Å². The van der Waals surface area contributed by atoms with Gasteiger partial charge in [0.05, 0.1) is 5.41 Å². The maximum atomic E-state index is 6.88. The molecule has 1 aliphatic carbocycles. The molecule has 0 atom stereocenters. The molecule has 8 rings (SSSR count). The van der Waals surface area contributed by atoms with Crippen LogP contribution in [0.25, 0.3) is 33.4 Å². The lowest BCUT2D eigenvalue weighted by molar-refractivity contribution is 0.437. The van der Waals surface area contributed by atoms with Crippen molar-refractivity contribution in [1.82, 2.24) is 0 Å². The van der Waals surface area contributed by atoms with E-state index in [9.17, 15) is 0 Å². The van der Waals surface area contributed by atoms with Crippen molar-refractivity contribution >= 4 is 0 Å². The van der Waals surface area contributed by atoms with Crippen LogP contribution in [-0.2, 0) is 5.41 Å². The van der Waals surface area contributed by atoms with E-state index in [1.54, 1.807) is 0 Å². The van der Waals surface area contributed by atoms with Crippen LogP contribution in [0.3, 0.4) is 0 Å². The molecule has 39 heavy (non-hydrogen) atoms. The summed E-state index contributed by atoms with van der Waals surface area (Å²) in [4.78, 5) is 0. The highest BCUT2D eigenvalue weighted by atomic mass is 16.5. The SMILES string of the molecule is Cc1ccc2c(c1-c1ccc(-c3ccccc3)cc1)Oc1ccccc1C21c2ccccc2-c2ccccc21. The minimum absolute atomic E-state index is 0.441. The zero-order chi connectivity index (χ0) is 26.0. The first-order valence-electron chi connectivity index (χ1n) is 13.5. The van der Waals surface area contributed by atoms with Crippen molar-refractivity contribution in [2.24, 2.45) is 0 Å². The third-order valence-electron chi connectivity index (χ3n) is 8.51. The van der Waals surface area contributed by atoms with E-state index in [4.69, 9.17) is 4.74 Å². The Hall–Kier alpha value is -4.88. The second-order valence-electron chi connectivity index (χ2n) is 10.5. The van der Waals surface area contributed by atoms with E-state index < -0.39 is 5.41 Å². The summed E-state index contributed by atoms with van der Waals surface area (Å²) >= 11 is 0. The predicted octanol–water partition coefficient (Wildman–Crippen LogP) is 9.80. The zero-order valence-electron chi connectivity index (χ0n) is 21.7. The maximum absolute atomic E-state index is 6.88. The molecule has 0 fully saturated rings. The fourth-order valence-electron chi connectivity index (χ4n) is 6.84. The zero-order valence-corrected chi connectivity index (χ0v) is 21.7. The summed E-state index contributed by atoms with van der Waals surface area (Å²) in [5.74, 6) is 1.87. The lowest BCUT2D eigenvalue weighted by atomic mass is 9.65. The van der Waals surface area contributed by atoms with Crippen molar-refractivity contribution in [1.29, 1.82) is 0 Å². The van der Waals surface area contributed by atoms with Gasteiger partial charge < -0.3 is 4.74 Å². The smallest absolute Gasteiger partial charge is 0.140 e. The summed E-state index contributed by atoms with van der Waals surface area (Å²) in [6.45, 7) is 2.19. The van der Waals surface area contributed by atoms with Gasteiger partial charge in [0.2, 0.25) is 0 Å². The van der Waals surface area contributed by atoms with Gasteiger partial charge in [-0.05, 0) is 57.5 Å². The normalized spacial score (nSPS) is 13.7. The summed E-state index contributed by atoms with van der Waals surface area (Å²) in [5.41, 5.74) is 13.1. The summed E-state index contributed by atoms with van der Waals surface area (Å²) in [6.07, 6.45) is 0. The number of para-hydroxylation sites is 1. The van der Waals surface area contributed by atoms with E-state index in [1.807, 2.05) is 0 Å². The molecule has 1 heterocycles. The maximum Gasteiger partial charge on any atom is 0.140 e. The molecule has 2 aliphatic rings. The van der Waals surface area contributed by atoms with Gasteiger partial charge in [0.1, 0.15) is 11.5 Å². The third kappa shape index (κ3) is 3.02. The fraction of sp³-hybridized carbons (Fsp3) is 0.0526. The molecule has 0 bridgehead atoms. The molecule has 0 N–H and O–H groups in total. The molecule has 0 saturated heterocycles. The van der Waals surface area contributed by atoms with Gasteiger partial charge in [0, 0.05) is 16.7 Å². The minimum Gasteiger partial charge on any atom is -0.456 e. The van der Waals surface area contributed by atoms with Crippen molar-refractivity contribution in [2.75, 3.05) is 0 Å². The molecular weight excluding hydrogens is 472 g/mol. The van der Waals surface area contributed by atoms with E-state index in [2.05, 4.69) is 146 Å². The van der Waals surface area contributed by atoms with Crippen LogP contribution in [0.4, 0.5) is 0 Å². The number of fused-ring (bicyclic) bond motifs is 9. The Morgan fingerprint density at radius 2 is 0.974 bits per heavy atom. The minimum atomic E-state index is -0.441. The second-order valence-corrected chi connectivity index (χ2v) is 10.5. The van der Waals surface area contributed by atoms with Crippen LogP contribution in [-0.4, -0.2) is 0 Å². The first-order chi connectivity index (χ1) is 19.3. The molecule has 184 valence electrons. The second kappa shape index (κ2) is 8.31. The number of benzene rings is 6.